The summed E-state index contributed by atoms with van der Waals surface area (Å²) in [4.78, 5) is 1.16. The van der Waals surface area contributed by atoms with Crippen LogP contribution in [0.2, 0.25) is 0 Å². The molecule has 2 heterocycles. The van der Waals surface area contributed by atoms with Crippen LogP contribution in [0.5, 0.6) is 0 Å². The summed E-state index contributed by atoms with van der Waals surface area (Å²) >= 11 is 4.11. The third-order valence-corrected chi connectivity index (χ3v) is 5.59. The zero-order chi connectivity index (χ0) is 15.6. The molecule has 2 aromatic carbocycles. The van der Waals surface area contributed by atoms with Crippen molar-refractivity contribution in [1.29, 1.82) is 0 Å². The van der Waals surface area contributed by atoms with Gasteiger partial charge in [0.05, 0.1) is 8.45 Å². The van der Waals surface area contributed by atoms with E-state index in [1.807, 2.05) is 24.3 Å². The summed E-state index contributed by atoms with van der Waals surface area (Å²) in [6, 6.07) is 24.9. The standard InChI is InChI=1S/C20H13IOS/c21-18-17(14-8-3-1-4-9-14)19(15-10-5-2-6-11-15)22-20(18)16-12-7-13-23-16/h1-13H. The molecule has 4 rings (SSSR count). The van der Waals surface area contributed by atoms with E-state index in [4.69, 9.17) is 4.42 Å². The van der Waals surface area contributed by atoms with Crippen molar-refractivity contribution >= 4 is 33.9 Å². The number of furan rings is 1. The van der Waals surface area contributed by atoms with Crippen LogP contribution in [-0.2, 0) is 0 Å². The van der Waals surface area contributed by atoms with E-state index in [2.05, 4.69) is 76.5 Å². The molecule has 112 valence electrons. The third-order valence-electron chi connectivity index (χ3n) is 3.69. The molecule has 0 fully saturated rings. The Hall–Kier alpha value is -1.85. The Bertz CT molecular complexity index is 909. The average Bonchev–Trinajstić information content (AvgIpc) is 3.24. The van der Waals surface area contributed by atoms with E-state index in [1.54, 1.807) is 11.3 Å². The SMILES string of the molecule is Ic1c(-c2cccs2)oc(-c2ccccc2)c1-c1ccccc1. The van der Waals surface area contributed by atoms with Crippen LogP contribution in [0.15, 0.2) is 82.6 Å². The first-order valence-corrected chi connectivity index (χ1v) is 9.27. The number of hydrogen-bond donors (Lipinski definition) is 0. The molecule has 0 aliphatic heterocycles. The maximum atomic E-state index is 6.33. The minimum atomic E-state index is 0.935. The highest BCUT2D eigenvalue weighted by atomic mass is 127. The Labute approximate surface area is 152 Å². The van der Waals surface area contributed by atoms with Gasteiger partial charge in [-0.25, -0.2) is 0 Å². The molecule has 23 heavy (non-hydrogen) atoms. The highest BCUT2D eigenvalue weighted by Gasteiger charge is 2.22. The summed E-state index contributed by atoms with van der Waals surface area (Å²) in [5, 5.41) is 2.08. The number of benzene rings is 2. The fourth-order valence-corrected chi connectivity index (χ4v) is 4.48. The first-order valence-electron chi connectivity index (χ1n) is 7.31. The molecule has 0 bridgehead atoms. The number of hydrogen-bond acceptors (Lipinski definition) is 2. The van der Waals surface area contributed by atoms with E-state index in [-0.39, 0.29) is 0 Å². The molecule has 0 N–H and O–H groups in total. The van der Waals surface area contributed by atoms with Gasteiger partial charge in [0, 0.05) is 11.1 Å². The summed E-state index contributed by atoms with van der Waals surface area (Å²) < 4.78 is 7.50. The lowest BCUT2D eigenvalue weighted by Crippen LogP contribution is -1.82. The number of thiophene rings is 1. The van der Waals surface area contributed by atoms with Crippen molar-refractivity contribution in [2.45, 2.75) is 0 Å². The Kier molecular flexibility index (Phi) is 4.06. The van der Waals surface area contributed by atoms with Gasteiger partial charge in [-0.3, -0.25) is 0 Å². The molecule has 0 atom stereocenters. The molecule has 0 unspecified atom stereocenters. The summed E-state index contributed by atoms with van der Waals surface area (Å²) in [6.07, 6.45) is 0. The zero-order valence-corrected chi connectivity index (χ0v) is 15.2. The van der Waals surface area contributed by atoms with Gasteiger partial charge in [0.2, 0.25) is 0 Å². The lowest BCUT2D eigenvalue weighted by Gasteiger charge is -2.03. The molecule has 3 heteroatoms. The topological polar surface area (TPSA) is 13.1 Å². The van der Waals surface area contributed by atoms with Gasteiger partial charge in [0.25, 0.3) is 0 Å². The molecule has 0 spiro atoms. The van der Waals surface area contributed by atoms with Crippen LogP contribution in [0, 0.1) is 3.57 Å². The maximum absolute atomic E-state index is 6.33. The molecule has 0 aliphatic rings. The van der Waals surface area contributed by atoms with E-state index in [9.17, 15) is 0 Å². The van der Waals surface area contributed by atoms with E-state index in [1.165, 1.54) is 11.1 Å². The van der Waals surface area contributed by atoms with Crippen molar-refractivity contribution in [3.05, 3.63) is 81.7 Å². The molecular formula is C20H13IOS. The van der Waals surface area contributed by atoms with Crippen LogP contribution >= 0.6 is 33.9 Å². The first kappa shape index (κ1) is 14.7. The monoisotopic (exact) mass is 428 g/mol. The van der Waals surface area contributed by atoms with Crippen LogP contribution in [0.4, 0.5) is 0 Å². The molecule has 0 radical (unpaired) electrons. The van der Waals surface area contributed by atoms with E-state index < -0.39 is 0 Å². The summed E-state index contributed by atoms with van der Waals surface area (Å²) in [7, 11) is 0. The highest BCUT2D eigenvalue weighted by Crippen LogP contribution is 2.44. The summed E-state index contributed by atoms with van der Waals surface area (Å²) in [5.41, 5.74) is 3.45. The Balaban J connectivity index is 1.99. The third kappa shape index (κ3) is 2.75. The van der Waals surface area contributed by atoms with Gasteiger partial charge < -0.3 is 4.42 Å². The molecule has 4 aromatic rings. The predicted octanol–water partition coefficient (Wildman–Crippen LogP) is 6.95. The van der Waals surface area contributed by atoms with Crippen LogP contribution in [0.25, 0.3) is 33.1 Å². The minimum Gasteiger partial charge on any atom is -0.453 e. The Morgan fingerprint density at radius 3 is 1.96 bits per heavy atom. The van der Waals surface area contributed by atoms with Crippen LogP contribution in [-0.4, -0.2) is 0 Å². The summed E-state index contributed by atoms with van der Waals surface area (Å²) in [6.45, 7) is 0. The van der Waals surface area contributed by atoms with Crippen molar-refractivity contribution in [2.75, 3.05) is 0 Å². The van der Waals surface area contributed by atoms with Gasteiger partial charge >= 0.3 is 0 Å². The van der Waals surface area contributed by atoms with Gasteiger partial charge in [0.1, 0.15) is 5.76 Å². The highest BCUT2D eigenvalue weighted by molar-refractivity contribution is 14.1. The fraction of sp³-hybridized carbons (Fsp3) is 0. The zero-order valence-electron chi connectivity index (χ0n) is 12.2. The number of halogens is 1. The lowest BCUT2D eigenvalue weighted by atomic mass is 10.0. The molecule has 2 aromatic heterocycles. The largest absolute Gasteiger partial charge is 0.453 e. The Morgan fingerprint density at radius 1 is 0.696 bits per heavy atom. The van der Waals surface area contributed by atoms with Crippen LogP contribution < -0.4 is 0 Å². The second-order valence-electron chi connectivity index (χ2n) is 5.16. The van der Waals surface area contributed by atoms with Crippen molar-refractivity contribution in [1.82, 2.24) is 0 Å². The second kappa shape index (κ2) is 6.34. The van der Waals surface area contributed by atoms with Crippen molar-refractivity contribution in [3.63, 3.8) is 0 Å². The fourth-order valence-electron chi connectivity index (χ4n) is 2.63. The first-order chi connectivity index (χ1) is 11.3. The predicted molar refractivity (Wildman–Crippen MR) is 106 cm³/mol. The molecule has 0 aliphatic carbocycles. The maximum Gasteiger partial charge on any atom is 0.158 e. The van der Waals surface area contributed by atoms with Gasteiger partial charge in [-0.2, -0.15) is 0 Å². The quantitative estimate of drug-likeness (QED) is 0.322. The second-order valence-corrected chi connectivity index (χ2v) is 7.19. The average molecular weight is 428 g/mol. The van der Waals surface area contributed by atoms with E-state index >= 15 is 0 Å². The van der Waals surface area contributed by atoms with Crippen LogP contribution in [0.1, 0.15) is 0 Å². The van der Waals surface area contributed by atoms with E-state index in [0.717, 1.165) is 25.5 Å². The van der Waals surface area contributed by atoms with Crippen LogP contribution in [0.3, 0.4) is 0 Å². The van der Waals surface area contributed by atoms with Gasteiger partial charge in [0.15, 0.2) is 5.76 Å². The van der Waals surface area contributed by atoms with Crippen molar-refractivity contribution in [3.8, 4) is 33.1 Å². The van der Waals surface area contributed by atoms with Crippen molar-refractivity contribution < 1.29 is 4.42 Å². The smallest absolute Gasteiger partial charge is 0.158 e. The lowest BCUT2D eigenvalue weighted by molar-refractivity contribution is 0.598. The van der Waals surface area contributed by atoms with E-state index in [0.29, 0.717) is 0 Å². The summed E-state index contributed by atoms with van der Waals surface area (Å²) in [5.74, 6) is 1.89. The minimum absolute atomic E-state index is 0.935. The molecular weight excluding hydrogens is 415 g/mol. The van der Waals surface area contributed by atoms with Gasteiger partial charge in [-0.1, -0.05) is 66.7 Å². The normalized spacial score (nSPS) is 10.8. The molecule has 0 saturated heterocycles. The van der Waals surface area contributed by atoms with Gasteiger partial charge in [-0.15, -0.1) is 11.3 Å². The Morgan fingerprint density at radius 2 is 1.35 bits per heavy atom. The van der Waals surface area contributed by atoms with Gasteiger partial charge in [-0.05, 0) is 39.6 Å². The molecule has 0 saturated carbocycles. The molecule has 1 nitrogen and oxygen atoms in total. The molecule has 0 amide bonds. The number of rotatable bonds is 3. The van der Waals surface area contributed by atoms with Crippen molar-refractivity contribution in [2.24, 2.45) is 0 Å².